The van der Waals surface area contributed by atoms with Gasteiger partial charge in [-0.05, 0) is 48.7 Å². The number of anilines is 1. The number of aromatic nitrogens is 2. The average molecular weight is 541 g/mol. The van der Waals surface area contributed by atoms with E-state index >= 15 is 0 Å². The Bertz CT molecular complexity index is 1490. The molecule has 192 valence electrons. The summed E-state index contributed by atoms with van der Waals surface area (Å²) in [6.45, 7) is 5.42. The number of nitriles is 1. The van der Waals surface area contributed by atoms with Gasteiger partial charge < -0.3 is 9.47 Å². The summed E-state index contributed by atoms with van der Waals surface area (Å²) in [4.78, 5) is 28.9. The fourth-order valence-electron chi connectivity index (χ4n) is 3.09. The second-order valence-corrected chi connectivity index (χ2v) is 11.0. The maximum atomic E-state index is 12.6. The normalized spacial score (nSPS) is 11.6. The number of amides is 1. The number of aryl methyl sites for hydroxylation is 1. The Balaban J connectivity index is 1.76. The molecule has 1 aromatic heterocycles. The van der Waals surface area contributed by atoms with Crippen molar-refractivity contribution in [2.24, 2.45) is 5.92 Å². The zero-order valence-electron chi connectivity index (χ0n) is 20.5. The Kier molecular flexibility index (Phi) is 8.75. The summed E-state index contributed by atoms with van der Waals surface area (Å²) < 4.78 is 39.1. The zero-order chi connectivity index (χ0) is 27.2. The Labute approximate surface area is 218 Å². The number of sulfone groups is 1. The Morgan fingerprint density at radius 2 is 1.86 bits per heavy atom. The van der Waals surface area contributed by atoms with E-state index in [1.54, 1.807) is 50.2 Å². The first-order valence-corrected chi connectivity index (χ1v) is 13.4. The van der Waals surface area contributed by atoms with Gasteiger partial charge in [0.25, 0.3) is 11.1 Å². The van der Waals surface area contributed by atoms with Gasteiger partial charge in [-0.25, -0.2) is 13.2 Å². The molecule has 0 aliphatic heterocycles. The summed E-state index contributed by atoms with van der Waals surface area (Å²) in [5.41, 5.74) is 1.53. The fourth-order valence-corrected chi connectivity index (χ4v) is 5.44. The van der Waals surface area contributed by atoms with Crippen LogP contribution in [0.3, 0.4) is 0 Å². The molecule has 0 saturated heterocycles. The minimum absolute atomic E-state index is 0.0515. The highest BCUT2D eigenvalue weighted by Gasteiger charge is 2.23. The molecule has 3 rings (SSSR count). The third-order valence-corrected chi connectivity index (χ3v) is 7.40. The summed E-state index contributed by atoms with van der Waals surface area (Å²) in [5.74, 6) is -1.22. The maximum absolute atomic E-state index is 12.6. The molecule has 0 unspecified atom stereocenters. The van der Waals surface area contributed by atoms with Gasteiger partial charge in [0.2, 0.25) is 15.0 Å². The number of methoxy groups -OCH3 is 1. The first-order valence-electron chi connectivity index (χ1n) is 11.0. The second-order valence-electron chi connectivity index (χ2n) is 8.35. The van der Waals surface area contributed by atoms with Crippen molar-refractivity contribution in [2.45, 2.75) is 25.9 Å². The zero-order valence-corrected chi connectivity index (χ0v) is 22.1. The van der Waals surface area contributed by atoms with Crippen molar-refractivity contribution < 1.29 is 27.5 Å². The Morgan fingerprint density at radius 3 is 2.49 bits per heavy atom. The van der Waals surface area contributed by atoms with E-state index in [0.29, 0.717) is 22.7 Å². The van der Waals surface area contributed by atoms with E-state index < -0.39 is 21.7 Å². The first kappa shape index (κ1) is 27.5. The summed E-state index contributed by atoms with van der Waals surface area (Å²) in [5, 5.41) is 11.5. The van der Waals surface area contributed by atoms with Crippen molar-refractivity contribution in [1.82, 2.24) is 9.36 Å². The van der Waals surface area contributed by atoms with Crippen LogP contribution < -0.4 is 14.8 Å². The number of hydrogen-bond acceptors (Lipinski definition) is 10. The number of rotatable bonds is 9. The highest BCUT2D eigenvalue weighted by atomic mass is 32.2. The third-order valence-electron chi connectivity index (χ3n) is 4.81. The van der Waals surface area contributed by atoms with Gasteiger partial charge in [-0.3, -0.25) is 10.1 Å². The predicted molar refractivity (Wildman–Crippen MR) is 138 cm³/mol. The van der Waals surface area contributed by atoms with E-state index in [1.807, 2.05) is 6.92 Å². The summed E-state index contributed by atoms with van der Waals surface area (Å²) in [6.07, 6.45) is 1.31. The van der Waals surface area contributed by atoms with Crippen LogP contribution in [-0.2, 0) is 14.6 Å². The summed E-state index contributed by atoms with van der Waals surface area (Å²) in [6, 6.07) is 13.2. The third kappa shape index (κ3) is 7.22. The Morgan fingerprint density at radius 1 is 1.16 bits per heavy atom. The fraction of sp³-hybridized carbons (Fsp3) is 0.240. The highest BCUT2D eigenvalue weighted by Crippen LogP contribution is 2.30. The smallest absolute Gasteiger partial charge is 0.343 e. The molecule has 0 spiro atoms. The van der Waals surface area contributed by atoms with E-state index in [0.717, 1.165) is 5.56 Å². The van der Waals surface area contributed by atoms with Gasteiger partial charge in [0.1, 0.15) is 11.6 Å². The molecule has 0 fully saturated rings. The summed E-state index contributed by atoms with van der Waals surface area (Å²) in [7, 11) is -2.29. The van der Waals surface area contributed by atoms with Crippen LogP contribution in [0.1, 0.15) is 35.3 Å². The molecule has 0 radical (unpaired) electrons. The number of carbonyl (C=O) groups excluding carboxylic acids is 2. The summed E-state index contributed by atoms with van der Waals surface area (Å²) >= 11 is 0.701. The second kappa shape index (κ2) is 11.8. The molecule has 2 aromatic carbocycles. The lowest BCUT2D eigenvalue weighted by Crippen LogP contribution is -2.15. The minimum Gasteiger partial charge on any atom is -0.493 e. The van der Waals surface area contributed by atoms with E-state index in [9.17, 15) is 23.3 Å². The molecule has 12 heteroatoms. The van der Waals surface area contributed by atoms with Crippen molar-refractivity contribution >= 4 is 44.5 Å². The van der Waals surface area contributed by atoms with Crippen molar-refractivity contribution in [3.8, 4) is 17.6 Å². The SMILES string of the molecule is COc1cc(C=C(C#N)C(=O)Nc2nc(S(=O)(=O)CC(C)C)ns2)ccc1OC(=O)c1ccc(C)cc1. The van der Waals surface area contributed by atoms with Gasteiger partial charge in [0.15, 0.2) is 11.5 Å². The van der Waals surface area contributed by atoms with Crippen molar-refractivity contribution in [1.29, 1.82) is 5.26 Å². The lowest BCUT2D eigenvalue weighted by Gasteiger charge is -2.10. The van der Waals surface area contributed by atoms with Gasteiger partial charge in [-0.15, -0.1) is 0 Å². The number of benzene rings is 2. The molecule has 1 amide bonds. The number of nitrogens with one attached hydrogen (secondary N) is 1. The first-order chi connectivity index (χ1) is 17.5. The van der Waals surface area contributed by atoms with Crippen LogP contribution in [0.5, 0.6) is 11.5 Å². The highest BCUT2D eigenvalue weighted by molar-refractivity contribution is 7.91. The predicted octanol–water partition coefficient (Wildman–Crippen LogP) is 4.05. The molecule has 1 N–H and O–H groups in total. The van der Waals surface area contributed by atoms with E-state index in [1.165, 1.54) is 25.3 Å². The van der Waals surface area contributed by atoms with Crippen LogP contribution in [0.15, 0.2) is 53.2 Å². The van der Waals surface area contributed by atoms with E-state index in [-0.39, 0.29) is 39.0 Å². The minimum atomic E-state index is -3.68. The van der Waals surface area contributed by atoms with E-state index in [4.69, 9.17) is 9.47 Å². The number of esters is 1. The lowest BCUT2D eigenvalue weighted by molar-refractivity contribution is -0.112. The standard InChI is InChI=1S/C25H24N4O6S2/c1-15(2)14-37(32,33)25-28-24(36-29-25)27-22(30)19(13-26)11-17-7-10-20(21(12-17)34-4)35-23(31)18-8-5-16(3)6-9-18/h5-12,15H,14H2,1-4H3,(H,27,28,29,30). The number of nitrogens with zero attached hydrogens (tertiary/aromatic N) is 3. The molecule has 0 atom stereocenters. The monoisotopic (exact) mass is 540 g/mol. The van der Waals surface area contributed by atoms with Crippen LogP contribution in [0, 0.1) is 24.2 Å². The molecular formula is C25H24N4O6S2. The van der Waals surface area contributed by atoms with Gasteiger partial charge >= 0.3 is 5.97 Å². The van der Waals surface area contributed by atoms with Gasteiger partial charge in [-0.2, -0.15) is 14.6 Å². The largest absolute Gasteiger partial charge is 0.493 e. The molecule has 3 aromatic rings. The van der Waals surface area contributed by atoms with Gasteiger partial charge in [0, 0.05) is 11.5 Å². The van der Waals surface area contributed by atoms with Crippen LogP contribution in [-0.4, -0.2) is 42.5 Å². The average Bonchev–Trinajstić information content (AvgIpc) is 3.32. The van der Waals surface area contributed by atoms with E-state index in [2.05, 4.69) is 14.7 Å². The molecule has 37 heavy (non-hydrogen) atoms. The van der Waals surface area contributed by atoms with Crippen molar-refractivity contribution in [3.05, 3.63) is 64.7 Å². The van der Waals surface area contributed by atoms with Crippen LogP contribution in [0.25, 0.3) is 6.08 Å². The van der Waals surface area contributed by atoms with Crippen molar-refractivity contribution in [2.75, 3.05) is 18.2 Å². The number of ether oxygens (including phenoxy) is 2. The van der Waals surface area contributed by atoms with Crippen LogP contribution >= 0.6 is 11.5 Å². The topological polar surface area (TPSA) is 148 Å². The Hall–Kier alpha value is -4.08. The molecule has 10 nitrogen and oxygen atoms in total. The van der Waals surface area contributed by atoms with Gasteiger partial charge in [-0.1, -0.05) is 37.6 Å². The molecule has 0 aliphatic carbocycles. The number of hydrogen-bond donors (Lipinski definition) is 1. The number of carbonyl (C=O) groups is 2. The molecular weight excluding hydrogens is 516 g/mol. The molecule has 1 heterocycles. The molecule has 0 bridgehead atoms. The lowest BCUT2D eigenvalue weighted by atomic mass is 10.1. The molecule has 0 aliphatic rings. The quantitative estimate of drug-likeness (QED) is 0.184. The maximum Gasteiger partial charge on any atom is 0.343 e. The molecule has 0 saturated carbocycles. The van der Waals surface area contributed by atoms with Crippen LogP contribution in [0.4, 0.5) is 5.13 Å². The van der Waals surface area contributed by atoms with Crippen molar-refractivity contribution in [3.63, 3.8) is 0 Å². The van der Waals surface area contributed by atoms with Gasteiger partial charge in [0.05, 0.1) is 18.4 Å². The van der Waals surface area contributed by atoms with Crippen LogP contribution in [0.2, 0.25) is 0 Å².